The molecule has 0 spiro atoms. The van der Waals surface area contributed by atoms with Crippen LogP contribution in [0.25, 0.3) is 22.0 Å². The molecule has 0 radical (unpaired) electrons. The van der Waals surface area contributed by atoms with E-state index in [-0.39, 0.29) is 4.90 Å². The first-order valence-electron chi connectivity index (χ1n) is 7.27. The van der Waals surface area contributed by atoms with Crippen LogP contribution < -0.4 is 4.72 Å². The maximum atomic E-state index is 12.6. The predicted molar refractivity (Wildman–Crippen MR) is 88.1 cm³/mol. The first-order chi connectivity index (χ1) is 11.6. The molecule has 1 aromatic carbocycles. The lowest BCUT2D eigenvalue weighted by Gasteiger charge is -2.08. The molecule has 4 rings (SSSR count). The number of pyridine rings is 1. The maximum Gasteiger partial charge on any atom is 0.263 e. The van der Waals surface area contributed by atoms with Crippen LogP contribution in [-0.4, -0.2) is 28.8 Å². The summed E-state index contributed by atoms with van der Waals surface area (Å²) in [4.78, 5) is 4.09. The Hall–Kier alpha value is -2.94. The van der Waals surface area contributed by atoms with E-state index in [2.05, 4.69) is 25.1 Å². The molecule has 24 heavy (non-hydrogen) atoms. The third kappa shape index (κ3) is 2.38. The maximum absolute atomic E-state index is 12.6. The number of nitrogens with one attached hydrogen (secondary N) is 2. The van der Waals surface area contributed by atoms with Gasteiger partial charge in [-0.2, -0.15) is 5.10 Å². The molecule has 8 nitrogen and oxygen atoms in total. The molecular weight excluding hydrogens is 330 g/mol. The zero-order valence-electron chi connectivity index (χ0n) is 12.6. The van der Waals surface area contributed by atoms with Crippen LogP contribution >= 0.6 is 0 Å². The Balaban J connectivity index is 1.73. The van der Waals surface area contributed by atoms with Crippen LogP contribution in [0.15, 0.2) is 46.1 Å². The minimum absolute atomic E-state index is 0.0533. The van der Waals surface area contributed by atoms with Gasteiger partial charge in [-0.15, -0.1) is 0 Å². The second-order valence-electron chi connectivity index (χ2n) is 5.28. The molecule has 0 saturated carbocycles. The highest BCUT2D eigenvalue weighted by molar-refractivity contribution is 7.92. The average molecular weight is 343 g/mol. The number of benzene rings is 1. The van der Waals surface area contributed by atoms with E-state index in [1.807, 2.05) is 6.92 Å². The van der Waals surface area contributed by atoms with Crippen molar-refractivity contribution in [2.24, 2.45) is 0 Å². The molecule has 0 atom stereocenters. The molecule has 0 bridgehead atoms. The van der Waals surface area contributed by atoms with Crippen LogP contribution in [0.4, 0.5) is 5.69 Å². The van der Waals surface area contributed by atoms with Crippen molar-refractivity contribution in [3.63, 3.8) is 0 Å². The van der Waals surface area contributed by atoms with Crippen LogP contribution in [0.2, 0.25) is 0 Å². The van der Waals surface area contributed by atoms with Gasteiger partial charge in [0.15, 0.2) is 0 Å². The fraction of sp³-hybridized carbons (Fsp3) is 0.133. The summed E-state index contributed by atoms with van der Waals surface area (Å²) >= 11 is 0. The normalized spacial score (nSPS) is 12.0. The van der Waals surface area contributed by atoms with Crippen LogP contribution in [0.1, 0.15) is 12.6 Å². The first-order valence-corrected chi connectivity index (χ1v) is 8.75. The van der Waals surface area contributed by atoms with E-state index >= 15 is 0 Å². The highest BCUT2D eigenvalue weighted by Gasteiger charge is 2.18. The lowest BCUT2D eigenvalue weighted by atomic mass is 10.2. The number of anilines is 1. The molecule has 3 aromatic heterocycles. The van der Waals surface area contributed by atoms with Crippen LogP contribution in [0.3, 0.4) is 0 Å². The van der Waals surface area contributed by atoms with E-state index in [1.165, 1.54) is 12.3 Å². The molecule has 0 aliphatic carbocycles. The van der Waals surface area contributed by atoms with Gasteiger partial charge in [-0.05, 0) is 30.7 Å². The number of rotatable bonds is 4. The SMILES string of the molecule is CCc1noc2ncc(S(=O)(=O)Nc3ccc4cn[nH]c4c3)cc12. The zero-order valence-corrected chi connectivity index (χ0v) is 13.5. The summed E-state index contributed by atoms with van der Waals surface area (Å²) in [6.45, 7) is 1.91. The van der Waals surface area contributed by atoms with Crippen molar-refractivity contribution in [2.75, 3.05) is 4.72 Å². The molecule has 9 heteroatoms. The Labute approximate surface area is 136 Å². The molecular formula is C15H13N5O3S. The minimum atomic E-state index is -3.78. The monoisotopic (exact) mass is 343 g/mol. The summed E-state index contributed by atoms with van der Waals surface area (Å²) in [6, 6.07) is 6.67. The molecule has 0 amide bonds. The van der Waals surface area contributed by atoms with Crippen molar-refractivity contribution in [3.8, 4) is 0 Å². The van der Waals surface area contributed by atoms with Gasteiger partial charge in [0.1, 0.15) is 4.90 Å². The van der Waals surface area contributed by atoms with Crippen LogP contribution in [0.5, 0.6) is 0 Å². The van der Waals surface area contributed by atoms with Crippen LogP contribution in [-0.2, 0) is 16.4 Å². The summed E-state index contributed by atoms with van der Waals surface area (Å²) in [5, 5.41) is 12.1. The van der Waals surface area contributed by atoms with Gasteiger partial charge in [0.05, 0.1) is 34.7 Å². The second kappa shape index (κ2) is 5.31. The highest BCUT2D eigenvalue weighted by atomic mass is 32.2. The highest BCUT2D eigenvalue weighted by Crippen LogP contribution is 2.23. The molecule has 0 unspecified atom stereocenters. The Morgan fingerprint density at radius 2 is 2.12 bits per heavy atom. The Kier molecular flexibility index (Phi) is 3.24. The number of aromatic nitrogens is 4. The summed E-state index contributed by atoms with van der Waals surface area (Å²) in [5.41, 5.74) is 2.18. The lowest BCUT2D eigenvalue weighted by molar-refractivity contribution is 0.439. The molecule has 0 fully saturated rings. The minimum Gasteiger partial charge on any atom is -0.336 e. The zero-order chi connectivity index (χ0) is 16.7. The first kappa shape index (κ1) is 14.6. The van der Waals surface area contributed by atoms with E-state index in [0.29, 0.717) is 28.9 Å². The standard InChI is InChI=1S/C15H13N5O3S/c1-2-13-12-6-11(8-16-15(12)23-19-13)24(21,22)20-10-4-3-9-7-17-18-14(9)5-10/h3-8,20H,2H2,1H3,(H,17,18). The number of aryl methyl sites for hydroxylation is 1. The van der Waals surface area contributed by atoms with Crippen molar-refractivity contribution in [2.45, 2.75) is 18.2 Å². The quantitative estimate of drug-likeness (QED) is 0.588. The summed E-state index contributed by atoms with van der Waals surface area (Å²) in [7, 11) is -3.78. The Morgan fingerprint density at radius 1 is 1.25 bits per heavy atom. The number of nitrogens with zero attached hydrogens (tertiary/aromatic N) is 3. The topological polar surface area (TPSA) is 114 Å². The van der Waals surface area contributed by atoms with E-state index in [1.54, 1.807) is 24.4 Å². The van der Waals surface area contributed by atoms with Gasteiger partial charge in [-0.25, -0.2) is 13.4 Å². The van der Waals surface area contributed by atoms with Crippen molar-refractivity contribution in [1.82, 2.24) is 20.3 Å². The van der Waals surface area contributed by atoms with E-state index in [9.17, 15) is 8.42 Å². The number of sulfonamides is 1. The molecule has 0 saturated heterocycles. The molecule has 0 aliphatic heterocycles. The largest absolute Gasteiger partial charge is 0.336 e. The van der Waals surface area contributed by atoms with Crippen molar-refractivity contribution < 1.29 is 12.9 Å². The fourth-order valence-corrected chi connectivity index (χ4v) is 3.50. The van der Waals surface area contributed by atoms with Gasteiger partial charge >= 0.3 is 0 Å². The number of hydrogen-bond donors (Lipinski definition) is 2. The number of H-pyrrole nitrogens is 1. The Morgan fingerprint density at radius 3 is 2.96 bits per heavy atom. The molecule has 3 heterocycles. The van der Waals surface area contributed by atoms with Crippen LogP contribution in [0, 0.1) is 0 Å². The predicted octanol–water partition coefficient (Wildman–Crippen LogP) is 2.46. The van der Waals surface area contributed by atoms with Gasteiger partial charge in [0.2, 0.25) is 0 Å². The van der Waals surface area contributed by atoms with Gasteiger partial charge in [-0.1, -0.05) is 12.1 Å². The smallest absolute Gasteiger partial charge is 0.263 e. The number of fused-ring (bicyclic) bond motifs is 2. The lowest BCUT2D eigenvalue weighted by Crippen LogP contribution is -2.13. The third-order valence-electron chi connectivity index (χ3n) is 3.72. The number of aromatic amines is 1. The van der Waals surface area contributed by atoms with Gasteiger partial charge in [0.25, 0.3) is 15.7 Å². The molecule has 4 aromatic rings. The van der Waals surface area contributed by atoms with Gasteiger partial charge in [-0.3, -0.25) is 9.82 Å². The summed E-state index contributed by atoms with van der Waals surface area (Å²) in [5.74, 6) is 0. The van der Waals surface area contributed by atoms with E-state index in [4.69, 9.17) is 4.52 Å². The van der Waals surface area contributed by atoms with Gasteiger partial charge < -0.3 is 4.52 Å². The molecule has 2 N–H and O–H groups in total. The summed E-state index contributed by atoms with van der Waals surface area (Å²) in [6.07, 6.45) is 3.55. The van der Waals surface area contributed by atoms with Crippen molar-refractivity contribution in [3.05, 3.63) is 42.4 Å². The Bertz CT molecular complexity index is 1150. The fourth-order valence-electron chi connectivity index (χ4n) is 2.48. The second-order valence-corrected chi connectivity index (χ2v) is 6.97. The van der Waals surface area contributed by atoms with E-state index < -0.39 is 10.0 Å². The van der Waals surface area contributed by atoms with E-state index in [0.717, 1.165) is 10.9 Å². The van der Waals surface area contributed by atoms with Gasteiger partial charge in [0, 0.05) is 5.39 Å². The average Bonchev–Trinajstić information content (AvgIpc) is 3.19. The third-order valence-corrected chi connectivity index (χ3v) is 5.07. The molecule has 0 aliphatic rings. The van der Waals surface area contributed by atoms with Crippen molar-refractivity contribution >= 4 is 37.7 Å². The molecule has 122 valence electrons. The summed E-state index contributed by atoms with van der Waals surface area (Å²) < 4.78 is 32.8. The number of hydrogen-bond acceptors (Lipinski definition) is 6. The van der Waals surface area contributed by atoms with Crippen molar-refractivity contribution in [1.29, 1.82) is 0 Å².